The third kappa shape index (κ3) is 5.52. The second kappa shape index (κ2) is 7.19. The second-order valence-electron chi connectivity index (χ2n) is 4.84. The lowest BCUT2D eigenvalue weighted by molar-refractivity contribution is -0.140. The van der Waals surface area contributed by atoms with Gasteiger partial charge in [0.2, 0.25) is 5.91 Å². The molecule has 20 heavy (non-hydrogen) atoms. The standard InChI is InChI=1S/C14H19NO4S/c1-9-4-10(2)6-12(5-9)7-20(19)8-13(14(17)18)15-11(3)16/h4-6,13H,7-8H2,1-3H3,(H,15,16)(H,17,18). The molecule has 1 aromatic carbocycles. The molecule has 1 rings (SSSR count). The Morgan fingerprint density at radius 1 is 1.25 bits per heavy atom. The van der Waals surface area contributed by atoms with Gasteiger partial charge in [-0.2, -0.15) is 0 Å². The number of carboxylic acids is 1. The van der Waals surface area contributed by atoms with E-state index in [1.165, 1.54) is 6.92 Å². The minimum absolute atomic E-state index is 0.0953. The minimum atomic E-state index is -1.35. The fourth-order valence-corrected chi connectivity index (χ4v) is 3.26. The summed E-state index contributed by atoms with van der Waals surface area (Å²) in [5.41, 5.74) is 3.06. The molecule has 0 aliphatic carbocycles. The van der Waals surface area contributed by atoms with Gasteiger partial charge in [0.05, 0.1) is 5.75 Å². The first kappa shape index (κ1) is 16.4. The molecular weight excluding hydrogens is 278 g/mol. The number of hydrogen-bond acceptors (Lipinski definition) is 3. The lowest BCUT2D eigenvalue weighted by Gasteiger charge is -2.13. The molecule has 5 nitrogen and oxygen atoms in total. The molecule has 0 aromatic heterocycles. The van der Waals surface area contributed by atoms with Crippen LogP contribution in [0.3, 0.4) is 0 Å². The summed E-state index contributed by atoms with van der Waals surface area (Å²) in [7, 11) is -1.35. The molecule has 110 valence electrons. The second-order valence-corrected chi connectivity index (χ2v) is 6.34. The number of amides is 1. The number of aryl methyl sites for hydroxylation is 2. The smallest absolute Gasteiger partial charge is 0.327 e. The topological polar surface area (TPSA) is 83.5 Å². The number of carbonyl (C=O) groups excluding carboxylic acids is 1. The predicted octanol–water partition coefficient (Wildman–Crippen LogP) is 1.14. The van der Waals surface area contributed by atoms with Crippen molar-refractivity contribution >= 4 is 22.7 Å². The summed E-state index contributed by atoms with van der Waals surface area (Å²) < 4.78 is 12.0. The van der Waals surface area contributed by atoms with Gasteiger partial charge in [-0.05, 0) is 19.4 Å². The molecule has 0 bridgehead atoms. The predicted molar refractivity (Wildman–Crippen MR) is 77.9 cm³/mol. The van der Waals surface area contributed by atoms with Crippen molar-refractivity contribution < 1.29 is 18.9 Å². The van der Waals surface area contributed by atoms with Gasteiger partial charge in [0.1, 0.15) is 6.04 Å². The van der Waals surface area contributed by atoms with E-state index in [9.17, 15) is 13.8 Å². The quantitative estimate of drug-likeness (QED) is 0.825. The molecule has 2 N–H and O–H groups in total. The minimum Gasteiger partial charge on any atom is -0.480 e. The summed E-state index contributed by atoms with van der Waals surface area (Å²) in [6.07, 6.45) is 0. The van der Waals surface area contributed by atoms with Gasteiger partial charge in [0.25, 0.3) is 0 Å². The largest absolute Gasteiger partial charge is 0.480 e. The van der Waals surface area contributed by atoms with Crippen LogP contribution < -0.4 is 5.32 Å². The molecule has 0 saturated carbocycles. The van der Waals surface area contributed by atoms with E-state index in [2.05, 4.69) is 5.32 Å². The van der Waals surface area contributed by atoms with Gasteiger partial charge < -0.3 is 10.4 Å². The number of carboxylic acid groups (broad SMARTS) is 1. The number of nitrogens with one attached hydrogen (secondary N) is 1. The summed E-state index contributed by atoms with van der Waals surface area (Å²) in [6, 6.07) is 4.77. The Morgan fingerprint density at radius 2 is 1.80 bits per heavy atom. The Labute approximate surface area is 120 Å². The number of aliphatic carboxylic acids is 1. The highest BCUT2D eigenvalue weighted by molar-refractivity contribution is 7.84. The molecule has 1 amide bonds. The lowest BCUT2D eigenvalue weighted by atomic mass is 10.1. The average molecular weight is 297 g/mol. The van der Waals surface area contributed by atoms with Crippen LogP contribution in [0.2, 0.25) is 0 Å². The Kier molecular flexibility index (Phi) is 5.88. The summed E-state index contributed by atoms with van der Waals surface area (Å²) in [5.74, 6) is -1.43. The monoisotopic (exact) mass is 297 g/mol. The van der Waals surface area contributed by atoms with Crippen LogP contribution in [-0.2, 0) is 26.1 Å². The van der Waals surface area contributed by atoms with Crippen molar-refractivity contribution in [2.75, 3.05) is 5.75 Å². The van der Waals surface area contributed by atoms with Gasteiger partial charge in [-0.1, -0.05) is 29.3 Å². The molecular formula is C14H19NO4S. The van der Waals surface area contributed by atoms with E-state index in [1.54, 1.807) is 0 Å². The van der Waals surface area contributed by atoms with Gasteiger partial charge in [-0.15, -0.1) is 0 Å². The van der Waals surface area contributed by atoms with E-state index in [4.69, 9.17) is 5.11 Å². The Balaban J connectivity index is 2.70. The maximum absolute atomic E-state index is 12.0. The van der Waals surface area contributed by atoms with Crippen molar-refractivity contribution in [3.05, 3.63) is 34.9 Å². The van der Waals surface area contributed by atoms with Crippen LogP contribution in [0.25, 0.3) is 0 Å². The summed E-state index contributed by atoms with van der Waals surface area (Å²) in [5, 5.41) is 11.3. The van der Waals surface area contributed by atoms with Crippen molar-refractivity contribution in [3.8, 4) is 0 Å². The molecule has 0 fully saturated rings. The maximum Gasteiger partial charge on any atom is 0.327 e. The van der Waals surface area contributed by atoms with E-state index in [0.29, 0.717) is 0 Å². The van der Waals surface area contributed by atoms with Crippen LogP contribution in [0.15, 0.2) is 18.2 Å². The lowest BCUT2D eigenvalue weighted by Crippen LogP contribution is -2.43. The van der Waals surface area contributed by atoms with E-state index < -0.39 is 28.7 Å². The van der Waals surface area contributed by atoms with Crippen molar-refractivity contribution in [2.45, 2.75) is 32.6 Å². The molecule has 0 spiro atoms. The molecule has 1 aromatic rings. The first-order valence-corrected chi connectivity index (χ1v) is 7.69. The van der Waals surface area contributed by atoms with E-state index in [-0.39, 0.29) is 11.5 Å². The van der Waals surface area contributed by atoms with Crippen LogP contribution in [0.4, 0.5) is 0 Å². The fourth-order valence-electron chi connectivity index (χ4n) is 2.00. The third-order valence-corrected chi connectivity index (χ3v) is 4.00. The first-order chi connectivity index (χ1) is 9.27. The molecule has 2 unspecified atom stereocenters. The van der Waals surface area contributed by atoms with Gasteiger partial charge in [0, 0.05) is 23.5 Å². The Bertz CT molecular complexity index is 522. The Morgan fingerprint density at radius 3 is 2.25 bits per heavy atom. The van der Waals surface area contributed by atoms with Crippen LogP contribution in [0.5, 0.6) is 0 Å². The molecule has 6 heteroatoms. The molecule has 0 aliphatic heterocycles. The zero-order valence-corrected chi connectivity index (χ0v) is 12.6. The molecule has 0 heterocycles. The molecule has 0 saturated heterocycles. The maximum atomic E-state index is 12.0. The zero-order valence-electron chi connectivity index (χ0n) is 11.8. The third-order valence-electron chi connectivity index (χ3n) is 2.64. The van der Waals surface area contributed by atoms with Gasteiger partial charge >= 0.3 is 5.97 Å². The number of hydrogen-bond donors (Lipinski definition) is 2. The van der Waals surface area contributed by atoms with E-state index in [0.717, 1.165) is 16.7 Å². The van der Waals surface area contributed by atoms with E-state index in [1.807, 2.05) is 32.0 Å². The van der Waals surface area contributed by atoms with Crippen LogP contribution >= 0.6 is 0 Å². The number of benzene rings is 1. The number of rotatable bonds is 6. The molecule has 0 radical (unpaired) electrons. The fraction of sp³-hybridized carbons (Fsp3) is 0.429. The van der Waals surface area contributed by atoms with Gasteiger partial charge in [-0.25, -0.2) is 4.79 Å². The highest BCUT2D eigenvalue weighted by Gasteiger charge is 2.21. The first-order valence-electron chi connectivity index (χ1n) is 6.20. The van der Waals surface area contributed by atoms with Gasteiger partial charge in [0.15, 0.2) is 0 Å². The number of carbonyl (C=O) groups is 2. The van der Waals surface area contributed by atoms with Crippen molar-refractivity contribution in [3.63, 3.8) is 0 Å². The normalized spacial score (nSPS) is 13.6. The Hall–Kier alpha value is -1.69. The highest BCUT2D eigenvalue weighted by Crippen LogP contribution is 2.11. The molecule has 2 atom stereocenters. The van der Waals surface area contributed by atoms with Gasteiger partial charge in [-0.3, -0.25) is 9.00 Å². The summed E-state index contributed by atoms with van der Waals surface area (Å²) in [6.45, 7) is 5.15. The van der Waals surface area contributed by atoms with Crippen molar-refractivity contribution in [1.82, 2.24) is 5.32 Å². The van der Waals surface area contributed by atoms with Crippen molar-refractivity contribution in [1.29, 1.82) is 0 Å². The average Bonchev–Trinajstić information content (AvgIpc) is 2.25. The SMILES string of the molecule is CC(=O)NC(CS(=O)Cc1cc(C)cc(C)c1)C(=O)O. The van der Waals surface area contributed by atoms with Crippen LogP contribution in [0.1, 0.15) is 23.6 Å². The highest BCUT2D eigenvalue weighted by atomic mass is 32.2. The molecule has 0 aliphatic rings. The van der Waals surface area contributed by atoms with Crippen molar-refractivity contribution in [2.24, 2.45) is 0 Å². The van der Waals surface area contributed by atoms with Crippen LogP contribution in [0, 0.1) is 13.8 Å². The summed E-state index contributed by atoms with van der Waals surface area (Å²) in [4.78, 5) is 21.9. The summed E-state index contributed by atoms with van der Waals surface area (Å²) >= 11 is 0. The van der Waals surface area contributed by atoms with Crippen LogP contribution in [-0.4, -0.2) is 33.0 Å². The van der Waals surface area contributed by atoms with E-state index >= 15 is 0 Å². The zero-order chi connectivity index (χ0) is 15.3.